The van der Waals surface area contributed by atoms with Crippen molar-refractivity contribution in [1.82, 2.24) is 4.90 Å². The highest BCUT2D eigenvalue weighted by atomic mass is 32.2. The molecule has 0 aromatic heterocycles. The molecule has 10 heteroatoms. The van der Waals surface area contributed by atoms with Crippen LogP contribution in [0.1, 0.15) is 11.1 Å². The number of para-hydroxylation sites is 1. The zero-order chi connectivity index (χ0) is 21.7. The third kappa shape index (κ3) is 3.24. The Hall–Kier alpha value is -3.37. The van der Waals surface area contributed by atoms with Crippen LogP contribution in [0.15, 0.2) is 47.4 Å². The second-order valence-electron chi connectivity index (χ2n) is 7.03. The van der Waals surface area contributed by atoms with E-state index in [2.05, 4.69) is 0 Å². The van der Waals surface area contributed by atoms with Crippen LogP contribution in [-0.4, -0.2) is 40.3 Å². The number of thioether (sulfide) groups is 1. The number of amides is 3. The predicted molar refractivity (Wildman–Crippen MR) is 118 cm³/mol. The number of ether oxygens (including phenoxy) is 2. The summed E-state index contributed by atoms with van der Waals surface area (Å²) in [6.07, 6.45) is 0. The number of hydrogen-bond acceptors (Lipinski definition) is 7. The van der Waals surface area contributed by atoms with Gasteiger partial charge >= 0.3 is 0 Å². The molecule has 2 aromatic carbocycles. The van der Waals surface area contributed by atoms with Gasteiger partial charge in [0.15, 0.2) is 11.5 Å². The van der Waals surface area contributed by atoms with Crippen LogP contribution >= 0.6 is 24.0 Å². The molecule has 3 amide bonds. The Labute approximate surface area is 186 Å². The minimum atomic E-state index is -0.639. The number of hydrogen-bond donors (Lipinski definition) is 1. The number of rotatable bonds is 4. The highest BCUT2D eigenvalue weighted by molar-refractivity contribution is 8.26. The third-order valence-corrected chi connectivity index (χ3v) is 6.54. The molecule has 1 saturated heterocycles. The Bertz CT molecular complexity index is 1210. The zero-order valence-electron chi connectivity index (χ0n) is 16.0. The fourth-order valence-corrected chi connectivity index (χ4v) is 5.05. The van der Waals surface area contributed by atoms with Gasteiger partial charge in [0, 0.05) is 5.56 Å². The van der Waals surface area contributed by atoms with Gasteiger partial charge in [-0.05, 0) is 23.8 Å². The number of thiocarbonyl (C=S) groups is 1. The molecule has 0 bridgehead atoms. The molecule has 2 N–H and O–H groups in total. The molecule has 156 valence electrons. The maximum absolute atomic E-state index is 13.3. The first-order valence-electron chi connectivity index (χ1n) is 9.30. The number of fused-ring (bicyclic) bond motifs is 2. The number of carbonyl (C=O) groups excluding carboxylic acids is 3. The Morgan fingerprint density at radius 3 is 2.65 bits per heavy atom. The summed E-state index contributed by atoms with van der Waals surface area (Å²) in [5.74, 6) is -0.169. The van der Waals surface area contributed by atoms with Crippen molar-refractivity contribution < 1.29 is 23.9 Å². The van der Waals surface area contributed by atoms with Crippen LogP contribution in [0.3, 0.4) is 0 Å². The smallest absolute Gasteiger partial charge is 0.267 e. The van der Waals surface area contributed by atoms with Crippen LogP contribution < -0.4 is 20.1 Å². The molecule has 5 rings (SSSR count). The van der Waals surface area contributed by atoms with E-state index in [0.717, 1.165) is 17.3 Å². The predicted octanol–water partition coefficient (Wildman–Crippen LogP) is 2.02. The van der Waals surface area contributed by atoms with Gasteiger partial charge in [0.1, 0.15) is 10.9 Å². The average molecular weight is 454 g/mol. The van der Waals surface area contributed by atoms with E-state index in [1.165, 1.54) is 9.80 Å². The highest BCUT2D eigenvalue weighted by Gasteiger charge is 2.42. The van der Waals surface area contributed by atoms with Gasteiger partial charge in [-0.2, -0.15) is 0 Å². The summed E-state index contributed by atoms with van der Waals surface area (Å²) in [4.78, 5) is 40.9. The van der Waals surface area contributed by atoms with Crippen molar-refractivity contribution in [3.8, 4) is 11.5 Å². The molecule has 3 aliphatic heterocycles. The van der Waals surface area contributed by atoms with Crippen LogP contribution in [0.25, 0.3) is 5.57 Å². The van der Waals surface area contributed by atoms with E-state index < -0.39 is 11.8 Å². The Balaban J connectivity index is 1.50. The third-order valence-electron chi connectivity index (χ3n) is 5.09. The molecule has 3 aliphatic rings. The van der Waals surface area contributed by atoms with Crippen LogP contribution in [0.4, 0.5) is 5.69 Å². The SMILES string of the molecule is NC(=O)CN1C(=O)/C(=C2\SC(=S)N(Cc3ccc4c(c3)OCO4)C2=O)c2ccccc21. The molecule has 0 atom stereocenters. The van der Waals surface area contributed by atoms with E-state index in [9.17, 15) is 14.4 Å². The van der Waals surface area contributed by atoms with E-state index in [0.29, 0.717) is 27.1 Å². The van der Waals surface area contributed by atoms with Crippen molar-refractivity contribution in [1.29, 1.82) is 0 Å². The molecule has 0 spiro atoms. The average Bonchev–Trinajstić information content (AvgIpc) is 3.39. The standard InChI is InChI=1S/C21H15N3O5S2/c22-16(25)9-23-13-4-2-1-3-12(13)17(19(23)26)18-20(27)24(21(30)31-18)8-11-5-6-14-15(7-11)29-10-28-14/h1-7H,8-10H2,(H2,22,25)/b18-17-. The molecule has 8 nitrogen and oxygen atoms in total. The zero-order valence-corrected chi connectivity index (χ0v) is 17.6. The largest absolute Gasteiger partial charge is 0.454 e. The van der Waals surface area contributed by atoms with E-state index in [1.807, 2.05) is 6.07 Å². The fraction of sp³-hybridized carbons (Fsp3) is 0.143. The number of anilines is 1. The van der Waals surface area contributed by atoms with Crippen molar-refractivity contribution in [3.05, 3.63) is 58.5 Å². The van der Waals surface area contributed by atoms with Crippen molar-refractivity contribution in [2.24, 2.45) is 5.73 Å². The van der Waals surface area contributed by atoms with Gasteiger partial charge < -0.3 is 15.2 Å². The van der Waals surface area contributed by atoms with Gasteiger partial charge in [-0.1, -0.05) is 48.2 Å². The normalized spacial score (nSPS) is 19.4. The summed E-state index contributed by atoms with van der Waals surface area (Å²) in [5.41, 5.74) is 7.50. The fourth-order valence-electron chi connectivity index (χ4n) is 3.72. The molecule has 31 heavy (non-hydrogen) atoms. The number of carbonyl (C=O) groups is 3. The number of primary amides is 1. The Morgan fingerprint density at radius 1 is 1.06 bits per heavy atom. The summed E-state index contributed by atoms with van der Waals surface area (Å²) in [5, 5.41) is 0. The quantitative estimate of drug-likeness (QED) is 0.558. The minimum absolute atomic E-state index is 0.162. The Kier molecular flexibility index (Phi) is 4.67. The lowest BCUT2D eigenvalue weighted by Gasteiger charge is -2.15. The first kappa shape index (κ1) is 19.6. The van der Waals surface area contributed by atoms with Gasteiger partial charge in [-0.15, -0.1) is 0 Å². The molecule has 0 unspecified atom stereocenters. The number of nitrogens with zero attached hydrogens (tertiary/aromatic N) is 2. The lowest BCUT2D eigenvalue weighted by atomic mass is 10.1. The summed E-state index contributed by atoms with van der Waals surface area (Å²) < 4.78 is 11.1. The van der Waals surface area contributed by atoms with E-state index in [1.54, 1.807) is 36.4 Å². The molecular formula is C21H15N3O5S2. The van der Waals surface area contributed by atoms with Crippen LogP contribution in [-0.2, 0) is 20.9 Å². The van der Waals surface area contributed by atoms with Gasteiger partial charge in [0.05, 0.1) is 22.7 Å². The number of nitrogens with two attached hydrogens (primary N) is 1. The molecule has 1 fully saturated rings. The van der Waals surface area contributed by atoms with Crippen LogP contribution in [0.5, 0.6) is 11.5 Å². The van der Waals surface area contributed by atoms with Gasteiger partial charge in [-0.3, -0.25) is 24.2 Å². The first-order valence-corrected chi connectivity index (χ1v) is 10.5. The van der Waals surface area contributed by atoms with Gasteiger partial charge in [-0.25, -0.2) is 0 Å². The lowest BCUT2D eigenvalue weighted by Crippen LogP contribution is -2.36. The molecule has 0 aliphatic carbocycles. The van der Waals surface area contributed by atoms with E-state index >= 15 is 0 Å². The van der Waals surface area contributed by atoms with Crippen molar-refractivity contribution >= 4 is 57.3 Å². The molecule has 2 aromatic rings. The van der Waals surface area contributed by atoms with E-state index in [-0.39, 0.29) is 36.3 Å². The lowest BCUT2D eigenvalue weighted by molar-refractivity contribution is -0.122. The topological polar surface area (TPSA) is 102 Å². The van der Waals surface area contributed by atoms with Crippen molar-refractivity contribution in [2.45, 2.75) is 6.54 Å². The summed E-state index contributed by atoms with van der Waals surface area (Å²) in [7, 11) is 0. The highest BCUT2D eigenvalue weighted by Crippen LogP contribution is 2.45. The maximum Gasteiger partial charge on any atom is 0.267 e. The monoisotopic (exact) mass is 453 g/mol. The summed E-state index contributed by atoms with van der Waals surface area (Å²) in [6.45, 7) is 0.130. The molecule has 3 heterocycles. The molecule has 0 radical (unpaired) electrons. The van der Waals surface area contributed by atoms with Crippen LogP contribution in [0, 0.1) is 0 Å². The molecule has 0 saturated carbocycles. The van der Waals surface area contributed by atoms with Crippen molar-refractivity contribution in [3.63, 3.8) is 0 Å². The second kappa shape index (κ2) is 7.40. The summed E-state index contributed by atoms with van der Waals surface area (Å²) >= 11 is 6.52. The summed E-state index contributed by atoms with van der Waals surface area (Å²) in [6, 6.07) is 12.4. The van der Waals surface area contributed by atoms with Gasteiger partial charge in [0.2, 0.25) is 12.7 Å². The Morgan fingerprint density at radius 2 is 1.84 bits per heavy atom. The first-order chi connectivity index (χ1) is 14.9. The van der Waals surface area contributed by atoms with E-state index in [4.69, 9.17) is 27.4 Å². The maximum atomic E-state index is 13.3. The van der Waals surface area contributed by atoms with Crippen LogP contribution in [0.2, 0.25) is 0 Å². The minimum Gasteiger partial charge on any atom is -0.454 e. The van der Waals surface area contributed by atoms with Gasteiger partial charge in [0.25, 0.3) is 11.8 Å². The van der Waals surface area contributed by atoms with Crippen molar-refractivity contribution in [2.75, 3.05) is 18.2 Å². The number of benzene rings is 2. The second-order valence-corrected chi connectivity index (χ2v) is 8.67. The molecular weight excluding hydrogens is 438 g/mol.